The van der Waals surface area contributed by atoms with Gasteiger partial charge in [0.05, 0.1) is 0 Å². The third-order valence-electron chi connectivity index (χ3n) is 5.15. The van der Waals surface area contributed by atoms with Crippen molar-refractivity contribution in [3.63, 3.8) is 0 Å². The molecule has 0 aromatic carbocycles. The highest BCUT2D eigenvalue weighted by Gasteiger charge is 2.33. The number of hydrogen-bond acceptors (Lipinski definition) is 3. The number of rotatable bonds is 8. The van der Waals surface area contributed by atoms with Gasteiger partial charge in [0.2, 0.25) is 0 Å². The first-order valence-electron chi connectivity index (χ1n) is 8.44. The Bertz CT molecular complexity index is 336. The maximum Gasteiger partial charge on any atom is 0.323 e. The summed E-state index contributed by atoms with van der Waals surface area (Å²) in [6, 6.07) is 0.186. The SMILES string of the molecule is CCC1(C)CCN(CCCC(C)(NC(C)C)C(=O)O)CC1. The van der Waals surface area contributed by atoms with Crippen molar-refractivity contribution < 1.29 is 9.90 Å². The summed E-state index contributed by atoms with van der Waals surface area (Å²) in [5.74, 6) is -0.742. The first-order chi connectivity index (χ1) is 9.71. The summed E-state index contributed by atoms with van der Waals surface area (Å²) in [6.07, 6.45) is 5.41. The average molecular weight is 298 g/mol. The van der Waals surface area contributed by atoms with Gasteiger partial charge in [-0.15, -0.1) is 0 Å². The van der Waals surface area contributed by atoms with E-state index in [4.69, 9.17) is 0 Å². The van der Waals surface area contributed by atoms with Gasteiger partial charge in [-0.05, 0) is 71.5 Å². The van der Waals surface area contributed by atoms with Crippen LogP contribution in [0.15, 0.2) is 0 Å². The van der Waals surface area contributed by atoms with Crippen LogP contribution < -0.4 is 5.32 Å². The van der Waals surface area contributed by atoms with Crippen molar-refractivity contribution in [1.29, 1.82) is 0 Å². The number of carbonyl (C=O) groups is 1. The summed E-state index contributed by atoms with van der Waals surface area (Å²) in [6.45, 7) is 13.8. The zero-order valence-electron chi connectivity index (χ0n) is 14.5. The summed E-state index contributed by atoms with van der Waals surface area (Å²) in [4.78, 5) is 14.0. The van der Waals surface area contributed by atoms with Gasteiger partial charge >= 0.3 is 5.97 Å². The fourth-order valence-electron chi connectivity index (χ4n) is 3.20. The fraction of sp³-hybridized carbons (Fsp3) is 0.941. The van der Waals surface area contributed by atoms with Crippen LogP contribution in [0.25, 0.3) is 0 Å². The lowest BCUT2D eigenvalue weighted by molar-refractivity contribution is -0.144. The van der Waals surface area contributed by atoms with E-state index in [1.807, 2.05) is 13.8 Å². The van der Waals surface area contributed by atoms with E-state index in [0.717, 1.165) is 26.1 Å². The van der Waals surface area contributed by atoms with Crippen LogP contribution in [0.3, 0.4) is 0 Å². The van der Waals surface area contributed by atoms with E-state index in [1.54, 1.807) is 6.92 Å². The molecule has 1 rings (SSSR count). The van der Waals surface area contributed by atoms with E-state index in [-0.39, 0.29) is 6.04 Å². The molecule has 0 aromatic heterocycles. The summed E-state index contributed by atoms with van der Waals surface area (Å²) in [5, 5.41) is 12.6. The lowest BCUT2D eigenvalue weighted by atomic mass is 9.78. The van der Waals surface area contributed by atoms with E-state index >= 15 is 0 Å². The summed E-state index contributed by atoms with van der Waals surface area (Å²) in [7, 11) is 0. The van der Waals surface area contributed by atoms with Gasteiger partial charge in [0.1, 0.15) is 5.54 Å². The third-order valence-corrected chi connectivity index (χ3v) is 5.15. The molecule has 1 saturated heterocycles. The van der Waals surface area contributed by atoms with Gasteiger partial charge in [-0.2, -0.15) is 0 Å². The highest BCUT2D eigenvalue weighted by molar-refractivity contribution is 5.78. The van der Waals surface area contributed by atoms with Gasteiger partial charge in [0, 0.05) is 6.04 Å². The molecule has 1 atom stereocenters. The van der Waals surface area contributed by atoms with Crippen LogP contribution in [0.5, 0.6) is 0 Å². The minimum Gasteiger partial charge on any atom is -0.480 e. The van der Waals surface area contributed by atoms with Crippen molar-refractivity contribution in [3.8, 4) is 0 Å². The van der Waals surface area contributed by atoms with E-state index in [0.29, 0.717) is 11.8 Å². The van der Waals surface area contributed by atoms with Crippen LogP contribution in [-0.4, -0.2) is 47.2 Å². The summed E-state index contributed by atoms with van der Waals surface area (Å²) in [5.41, 5.74) is -0.285. The van der Waals surface area contributed by atoms with Crippen molar-refractivity contribution in [2.45, 2.75) is 78.3 Å². The Morgan fingerprint density at radius 3 is 2.38 bits per heavy atom. The number of nitrogens with zero attached hydrogens (tertiary/aromatic N) is 1. The maximum absolute atomic E-state index is 11.5. The van der Waals surface area contributed by atoms with Gasteiger partial charge in [-0.1, -0.05) is 20.3 Å². The summed E-state index contributed by atoms with van der Waals surface area (Å²) < 4.78 is 0. The van der Waals surface area contributed by atoms with Crippen molar-refractivity contribution in [2.24, 2.45) is 5.41 Å². The molecule has 1 fully saturated rings. The Hall–Kier alpha value is -0.610. The smallest absolute Gasteiger partial charge is 0.323 e. The van der Waals surface area contributed by atoms with Crippen LogP contribution in [0.1, 0.15) is 66.7 Å². The van der Waals surface area contributed by atoms with Gasteiger partial charge < -0.3 is 10.0 Å². The predicted molar refractivity (Wildman–Crippen MR) is 87.6 cm³/mol. The number of nitrogens with one attached hydrogen (secondary N) is 1. The monoisotopic (exact) mass is 298 g/mol. The fourth-order valence-corrected chi connectivity index (χ4v) is 3.20. The zero-order valence-corrected chi connectivity index (χ0v) is 14.5. The van der Waals surface area contributed by atoms with Crippen LogP contribution in [-0.2, 0) is 4.79 Å². The first kappa shape index (κ1) is 18.4. The number of hydrogen-bond donors (Lipinski definition) is 2. The molecular weight excluding hydrogens is 264 g/mol. The van der Waals surface area contributed by atoms with Crippen LogP contribution in [0.4, 0.5) is 0 Å². The Morgan fingerprint density at radius 2 is 1.95 bits per heavy atom. The molecule has 1 aliphatic rings. The third kappa shape index (κ3) is 5.59. The molecule has 124 valence electrons. The Kier molecular flexibility index (Phi) is 6.67. The first-order valence-corrected chi connectivity index (χ1v) is 8.44. The number of likely N-dealkylation sites (tertiary alicyclic amines) is 1. The topological polar surface area (TPSA) is 52.6 Å². The van der Waals surface area contributed by atoms with Crippen molar-refractivity contribution in [3.05, 3.63) is 0 Å². The lowest BCUT2D eigenvalue weighted by Crippen LogP contribution is -2.52. The molecule has 1 heterocycles. The van der Waals surface area contributed by atoms with Gasteiger partial charge in [0.15, 0.2) is 0 Å². The van der Waals surface area contributed by atoms with Crippen molar-refractivity contribution in [2.75, 3.05) is 19.6 Å². The molecule has 4 nitrogen and oxygen atoms in total. The molecule has 0 spiro atoms. The molecule has 2 N–H and O–H groups in total. The molecule has 0 saturated carbocycles. The molecule has 0 bridgehead atoms. The molecule has 4 heteroatoms. The van der Waals surface area contributed by atoms with Crippen molar-refractivity contribution in [1.82, 2.24) is 10.2 Å². The molecule has 1 aliphatic heterocycles. The lowest BCUT2D eigenvalue weighted by Gasteiger charge is -2.39. The van der Waals surface area contributed by atoms with Crippen LogP contribution in [0.2, 0.25) is 0 Å². The molecule has 0 aliphatic carbocycles. The highest BCUT2D eigenvalue weighted by atomic mass is 16.4. The molecule has 21 heavy (non-hydrogen) atoms. The molecule has 0 aromatic rings. The highest BCUT2D eigenvalue weighted by Crippen LogP contribution is 2.33. The average Bonchev–Trinajstić information content (AvgIpc) is 2.40. The Morgan fingerprint density at radius 1 is 1.38 bits per heavy atom. The predicted octanol–water partition coefficient (Wildman–Crippen LogP) is 3.12. The minimum atomic E-state index is -0.804. The second-order valence-electron chi connectivity index (χ2n) is 7.55. The maximum atomic E-state index is 11.5. The second-order valence-corrected chi connectivity index (χ2v) is 7.55. The van der Waals surface area contributed by atoms with Crippen molar-refractivity contribution >= 4 is 5.97 Å². The summed E-state index contributed by atoms with van der Waals surface area (Å²) >= 11 is 0. The molecule has 1 unspecified atom stereocenters. The number of carboxylic acid groups (broad SMARTS) is 1. The van der Waals surface area contributed by atoms with Gasteiger partial charge in [0.25, 0.3) is 0 Å². The minimum absolute atomic E-state index is 0.186. The van der Waals surface area contributed by atoms with Gasteiger partial charge in [-0.3, -0.25) is 10.1 Å². The van der Waals surface area contributed by atoms with Gasteiger partial charge in [-0.25, -0.2) is 0 Å². The molecule has 0 radical (unpaired) electrons. The second kappa shape index (κ2) is 7.59. The zero-order chi connectivity index (χ0) is 16.1. The van der Waals surface area contributed by atoms with E-state index < -0.39 is 11.5 Å². The largest absolute Gasteiger partial charge is 0.480 e. The molecule has 0 amide bonds. The van der Waals surface area contributed by atoms with Crippen LogP contribution in [0, 0.1) is 5.41 Å². The van der Waals surface area contributed by atoms with E-state index in [1.165, 1.54) is 19.3 Å². The number of piperidine rings is 1. The quantitative estimate of drug-likeness (QED) is 0.723. The Balaban J connectivity index is 2.37. The molecular formula is C17H34N2O2. The number of aliphatic carboxylic acids is 1. The number of carboxylic acids is 1. The normalized spacial score (nSPS) is 22.2. The van der Waals surface area contributed by atoms with Crippen LogP contribution >= 0.6 is 0 Å². The standard InChI is InChI=1S/C17H34N2O2/c1-6-16(4)9-12-19(13-10-16)11-7-8-17(5,15(20)21)18-14(2)3/h14,18H,6-13H2,1-5H3,(H,20,21). The Labute approximate surface area is 130 Å². The van der Waals surface area contributed by atoms with E-state index in [2.05, 4.69) is 24.1 Å². The van der Waals surface area contributed by atoms with E-state index in [9.17, 15) is 9.90 Å².